The van der Waals surface area contributed by atoms with E-state index in [1.54, 1.807) is 29.5 Å². The van der Waals surface area contributed by atoms with Crippen molar-refractivity contribution in [1.29, 1.82) is 0 Å². The second kappa shape index (κ2) is 7.93. The molecule has 4 rings (SSSR count). The van der Waals surface area contributed by atoms with Crippen LogP contribution in [0, 0.1) is 0 Å². The molecule has 1 aromatic carbocycles. The molecule has 1 aliphatic rings. The van der Waals surface area contributed by atoms with Crippen molar-refractivity contribution in [3.63, 3.8) is 0 Å². The van der Waals surface area contributed by atoms with Gasteiger partial charge in [-0.15, -0.1) is 11.3 Å². The van der Waals surface area contributed by atoms with Crippen LogP contribution in [0.3, 0.4) is 0 Å². The second-order valence-corrected chi connectivity index (χ2v) is 9.19. The Hall–Kier alpha value is -1.38. The van der Waals surface area contributed by atoms with Crippen LogP contribution in [-0.2, 0) is 0 Å². The van der Waals surface area contributed by atoms with Crippen molar-refractivity contribution in [2.24, 2.45) is 0 Å². The van der Waals surface area contributed by atoms with Crippen LogP contribution in [0.4, 0.5) is 5.13 Å². The maximum absolute atomic E-state index is 12.4. The zero-order chi connectivity index (χ0) is 19.0. The van der Waals surface area contributed by atoms with Crippen molar-refractivity contribution < 1.29 is 9.90 Å². The third kappa shape index (κ3) is 3.93. The van der Waals surface area contributed by atoms with Gasteiger partial charge in [-0.25, -0.2) is 4.98 Å². The number of halogens is 2. The van der Waals surface area contributed by atoms with Gasteiger partial charge in [-0.05, 0) is 31.0 Å². The van der Waals surface area contributed by atoms with Crippen LogP contribution in [0.5, 0.6) is 0 Å². The molecule has 0 bridgehead atoms. The first-order chi connectivity index (χ1) is 13.0. The monoisotopic (exact) mass is 441 g/mol. The number of hydrogen-bond acceptors (Lipinski definition) is 6. The Bertz CT molecular complexity index is 931. The molecule has 1 saturated heterocycles. The number of carbonyl (C=O) groups is 1. The molecule has 0 unspecified atom stereocenters. The number of thiazole rings is 1. The highest BCUT2D eigenvalue weighted by Gasteiger charge is 2.21. The van der Waals surface area contributed by atoms with Crippen molar-refractivity contribution >= 4 is 66.4 Å². The van der Waals surface area contributed by atoms with E-state index in [0.29, 0.717) is 20.5 Å². The maximum atomic E-state index is 12.4. The summed E-state index contributed by atoms with van der Waals surface area (Å²) in [6.07, 6.45) is 1.44. The normalized spacial score (nSPS) is 15.4. The highest BCUT2D eigenvalue weighted by atomic mass is 35.5. The number of nitrogens with one attached hydrogen (secondary N) is 1. The minimum atomic E-state index is -0.976. The van der Waals surface area contributed by atoms with Gasteiger partial charge >= 0.3 is 0 Å². The summed E-state index contributed by atoms with van der Waals surface area (Å²) in [6.45, 7) is 2.13. The van der Waals surface area contributed by atoms with Crippen molar-refractivity contribution in [1.82, 2.24) is 10.3 Å². The fourth-order valence-electron chi connectivity index (χ4n) is 3.09. The van der Waals surface area contributed by atoms with Crippen molar-refractivity contribution in [2.75, 3.05) is 24.5 Å². The smallest absolute Gasteiger partial charge is 0.261 e. The number of thiophene rings is 1. The van der Waals surface area contributed by atoms with Crippen LogP contribution in [0.2, 0.25) is 10.0 Å². The lowest BCUT2D eigenvalue weighted by Crippen LogP contribution is -2.28. The lowest BCUT2D eigenvalue weighted by atomic mass is 10.1. The van der Waals surface area contributed by atoms with Gasteiger partial charge in [0.2, 0.25) is 0 Å². The number of amides is 1. The van der Waals surface area contributed by atoms with E-state index in [9.17, 15) is 9.90 Å². The Morgan fingerprint density at radius 1 is 1.26 bits per heavy atom. The van der Waals surface area contributed by atoms with Crippen LogP contribution >= 0.6 is 45.9 Å². The van der Waals surface area contributed by atoms with Crippen LogP contribution in [0.1, 0.15) is 34.2 Å². The number of nitrogens with zero attached hydrogens (tertiary/aromatic N) is 2. The highest BCUT2D eigenvalue weighted by molar-refractivity contribution is 7.29. The molecule has 1 atom stereocenters. The molecule has 2 aromatic heterocycles. The Kier molecular flexibility index (Phi) is 5.57. The summed E-state index contributed by atoms with van der Waals surface area (Å²) in [4.78, 5) is 20.9. The van der Waals surface area contributed by atoms with E-state index in [-0.39, 0.29) is 12.5 Å². The predicted octanol–water partition coefficient (Wildman–Crippen LogP) is 4.73. The molecule has 1 amide bonds. The molecule has 0 spiro atoms. The summed E-state index contributed by atoms with van der Waals surface area (Å²) in [6, 6.07) is 6.89. The van der Waals surface area contributed by atoms with Gasteiger partial charge in [0.25, 0.3) is 5.91 Å². The lowest BCUT2D eigenvalue weighted by molar-refractivity contribution is 0.0920. The molecule has 5 nitrogen and oxygen atoms in total. The summed E-state index contributed by atoms with van der Waals surface area (Å²) >= 11 is 15.2. The first-order valence-corrected chi connectivity index (χ1v) is 11.0. The third-order valence-corrected chi connectivity index (χ3v) is 7.35. The van der Waals surface area contributed by atoms with E-state index in [1.165, 1.54) is 24.2 Å². The van der Waals surface area contributed by atoms with Gasteiger partial charge in [0, 0.05) is 35.2 Å². The van der Waals surface area contributed by atoms with Gasteiger partial charge in [0.05, 0.1) is 15.7 Å². The Labute approximate surface area is 174 Å². The molecule has 3 heterocycles. The van der Waals surface area contributed by atoms with Gasteiger partial charge in [-0.3, -0.25) is 4.79 Å². The predicted molar refractivity (Wildman–Crippen MR) is 113 cm³/mol. The highest BCUT2D eigenvalue weighted by Crippen LogP contribution is 2.36. The summed E-state index contributed by atoms with van der Waals surface area (Å²) < 4.78 is 1.02. The van der Waals surface area contributed by atoms with E-state index in [1.807, 2.05) is 6.07 Å². The SMILES string of the molecule is O=C(NC[C@H](O)c1c(Cl)cccc1Cl)c1cc2sc(N3CCCC3)nc2s1. The quantitative estimate of drug-likeness (QED) is 0.600. The molecule has 2 N–H and O–H groups in total. The zero-order valence-corrected chi connectivity index (χ0v) is 17.4. The van der Waals surface area contributed by atoms with Gasteiger partial charge < -0.3 is 15.3 Å². The summed E-state index contributed by atoms with van der Waals surface area (Å²) in [5, 5.41) is 14.9. The first kappa shape index (κ1) is 19.0. The summed E-state index contributed by atoms with van der Waals surface area (Å²) in [7, 11) is 0. The molecule has 9 heteroatoms. The molecule has 27 heavy (non-hydrogen) atoms. The number of aliphatic hydroxyl groups excluding tert-OH is 1. The lowest BCUT2D eigenvalue weighted by Gasteiger charge is -2.15. The van der Waals surface area contributed by atoms with E-state index < -0.39 is 6.10 Å². The van der Waals surface area contributed by atoms with E-state index in [2.05, 4.69) is 15.2 Å². The largest absolute Gasteiger partial charge is 0.386 e. The van der Waals surface area contributed by atoms with Crippen LogP contribution in [-0.4, -0.2) is 35.6 Å². The second-order valence-electron chi connectivity index (χ2n) is 6.33. The number of benzene rings is 1. The topological polar surface area (TPSA) is 65.5 Å². The summed E-state index contributed by atoms with van der Waals surface area (Å²) in [5.41, 5.74) is 0.421. The number of rotatable bonds is 5. The maximum Gasteiger partial charge on any atom is 0.261 e. The number of hydrogen-bond donors (Lipinski definition) is 2. The first-order valence-electron chi connectivity index (χ1n) is 8.58. The molecular formula is C18H17Cl2N3O2S2. The number of anilines is 1. The van der Waals surface area contributed by atoms with Crippen LogP contribution < -0.4 is 10.2 Å². The fraction of sp³-hybridized carbons (Fsp3) is 0.333. The van der Waals surface area contributed by atoms with Crippen LogP contribution in [0.25, 0.3) is 9.53 Å². The fourth-order valence-corrected chi connectivity index (χ4v) is 5.92. The van der Waals surface area contributed by atoms with Gasteiger partial charge in [0.15, 0.2) is 5.13 Å². The number of fused-ring (bicyclic) bond motifs is 1. The van der Waals surface area contributed by atoms with Gasteiger partial charge in [-0.1, -0.05) is 40.6 Å². The van der Waals surface area contributed by atoms with E-state index in [0.717, 1.165) is 27.8 Å². The molecular weight excluding hydrogens is 425 g/mol. The zero-order valence-electron chi connectivity index (χ0n) is 14.2. The third-order valence-electron chi connectivity index (χ3n) is 4.47. The number of aliphatic hydroxyl groups is 1. The molecule has 3 aromatic rings. The molecule has 142 valence electrons. The molecule has 0 radical (unpaired) electrons. The van der Waals surface area contributed by atoms with Crippen molar-refractivity contribution in [2.45, 2.75) is 18.9 Å². The minimum absolute atomic E-state index is 0.0281. The molecule has 1 aliphatic heterocycles. The minimum Gasteiger partial charge on any atom is -0.386 e. The molecule has 1 fully saturated rings. The number of carbonyl (C=O) groups excluding carboxylic acids is 1. The molecule has 0 aliphatic carbocycles. The van der Waals surface area contributed by atoms with Crippen LogP contribution in [0.15, 0.2) is 24.3 Å². The van der Waals surface area contributed by atoms with E-state index >= 15 is 0 Å². The summed E-state index contributed by atoms with van der Waals surface area (Å²) in [5.74, 6) is -0.241. The standard InChI is InChI=1S/C18H17Cl2N3O2S2/c19-10-4-3-5-11(20)15(10)12(24)9-21-16(25)13-8-14-17(26-13)22-18(27-14)23-6-1-2-7-23/h3-5,8,12,24H,1-2,6-7,9H2,(H,21,25)/t12-/m0/s1. The molecule has 0 saturated carbocycles. The van der Waals surface area contributed by atoms with Crippen molar-refractivity contribution in [3.8, 4) is 0 Å². The van der Waals surface area contributed by atoms with Gasteiger partial charge in [0.1, 0.15) is 4.83 Å². The Morgan fingerprint density at radius 2 is 1.96 bits per heavy atom. The number of aromatic nitrogens is 1. The Morgan fingerprint density at radius 3 is 2.63 bits per heavy atom. The van der Waals surface area contributed by atoms with Gasteiger partial charge in [-0.2, -0.15) is 0 Å². The Balaban J connectivity index is 1.43. The average Bonchev–Trinajstić information content (AvgIpc) is 3.34. The van der Waals surface area contributed by atoms with Crippen molar-refractivity contribution in [3.05, 3.63) is 44.8 Å². The van der Waals surface area contributed by atoms with E-state index in [4.69, 9.17) is 23.2 Å². The average molecular weight is 442 g/mol.